The van der Waals surface area contributed by atoms with E-state index in [-0.39, 0.29) is 11.8 Å². The lowest BCUT2D eigenvalue weighted by Gasteiger charge is -2.31. The van der Waals surface area contributed by atoms with E-state index < -0.39 is 0 Å². The Morgan fingerprint density at radius 1 is 1.21 bits per heavy atom. The number of likely N-dealkylation sites (tertiary alicyclic amines) is 1. The molecule has 0 aromatic heterocycles. The van der Waals surface area contributed by atoms with Gasteiger partial charge in [-0.1, -0.05) is 0 Å². The Hall–Kier alpha value is -1.34. The Morgan fingerprint density at radius 3 is 2.54 bits per heavy atom. The summed E-state index contributed by atoms with van der Waals surface area (Å²) in [5.41, 5.74) is 5.46. The molecule has 1 aliphatic heterocycles. The normalized spacial score (nSPS) is 18.9. The highest BCUT2D eigenvalue weighted by Crippen LogP contribution is 2.15. The largest absolute Gasteiger partial charge is 0.369 e. The van der Waals surface area contributed by atoms with Gasteiger partial charge in [0, 0.05) is 44.8 Å². The van der Waals surface area contributed by atoms with Crippen LogP contribution in [0.25, 0.3) is 0 Å². The zero-order valence-corrected chi connectivity index (χ0v) is 18.8. The predicted octanol–water partition coefficient (Wildman–Crippen LogP) is 1.64. The average Bonchev–Trinajstić information content (AvgIpc) is 2.64. The number of amides is 1. The molecule has 0 radical (unpaired) electrons. The molecule has 164 valence electrons. The van der Waals surface area contributed by atoms with Crippen molar-refractivity contribution in [2.75, 3.05) is 45.8 Å². The predicted molar refractivity (Wildman–Crippen MR) is 119 cm³/mol. The molecule has 1 rings (SSSR count). The molecule has 7 nitrogen and oxygen atoms in total. The summed E-state index contributed by atoms with van der Waals surface area (Å²) in [4.78, 5) is 21.0. The van der Waals surface area contributed by atoms with Crippen LogP contribution in [0, 0.1) is 5.92 Å². The molecular weight excluding hydrogens is 352 g/mol. The van der Waals surface area contributed by atoms with Crippen molar-refractivity contribution in [1.29, 1.82) is 0 Å². The SMILES string of the molecule is CCNC(=NCCCN(C(C)C)C(C)C)NCCCN1CCCC(C(N)=O)C1. The molecule has 0 spiro atoms. The summed E-state index contributed by atoms with van der Waals surface area (Å²) < 4.78 is 0. The number of hydrogen-bond acceptors (Lipinski definition) is 4. The second-order valence-electron chi connectivity index (χ2n) is 8.36. The lowest BCUT2D eigenvalue weighted by atomic mass is 9.97. The van der Waals surface area contributed by atoms with Crippen molar-refractivity contribution in [3.63, 3.8) is 0 Å². The van der Waals surface area contributed by atoms with Crippen molar-refractivity contribution in [1.82, 2.24) is 20.4 Å². The fraction of sp³-hybridized carbons (Fsp3) is 0.905. The number of primary amides is 1. The average molecular weight is 397 g/mol. The molecule has 1 fully saturated rings. The minimum Gasteiger partial charge on any atom is -0.369 e. The van der Waals surface area contributed by atoms with Gasteiger partial charge >= 0.3 is 0 Å². The Kier molecular flexibility index (Phi) is 12.1. The molecule has 7 heteroatoms. The van der Waals surface area contributed by atoms with Gasteiger partial charge in [0.15, 0.2) is 5.96 Å². The molecule has 1 atom stereocenters. The van der Waals surface area contributed by atoms with Crippen LogP contribution in [0.3, 0.4) is 0 Å². The van der Waals surface area contributed by atoms with Crippen molar-refractivity contribution in [2.24, 2.45) is 16.6 Å². The van der Waals surface area contributed by atoms with E-state index in [4.69, 9.17) is 10.7 Å². The monoisotopic (exact) mass is 396 g/mol. The number of aliphatic imine (C=N–C) groups is 1. The second kappa shape index (κ2) is 13.8. The zero-order valence-electron chi connectivity index (χ0n) is 18.8. The number of nitrogens with zero attached hydrogens (tertiary/aromatic N) is 3. The number of carbonyl (C=O) groups is 1. The quantitative estimate of drug-likeness (QED) is 0.265. The molecule has 4 N–H and O–H groups in total. The van der Waals surface area contributed by atoms with Crippen molar-refractivity contribution >= 4 is 11.9 Å². The summed E-state index contributed by atoms with van der Waals surface area (Å²) in [7, 11) is 0. The van der Waals surface area contributed by atoms with Gasteiger partial charge < -0.3 is 21.3 Å². The molecule has 1 aliphatic rings. The van der Waals surface area contributed by atoms with Crippen LogP contribution in [0.2, 0.25) is 0 Å². The summed E-state index contributed by atoms with van der Waals surface area (Å²) >= 11 is 0. The van der Waals surface area contributed by atoms with Gasteiger partial charge in [0.25, 0.3) is 0 Å². The Bertz CT molecular complexity index is 458. The highest BCUT2D eigenvalue weighted by atomic mass is 16.1. The minimum atomic E-state index is -0.155. The lowest BCUT2D eigenvalue weighted by Crippen LogP contribution is -2.43. The van der Waals surface area contributed by atoms with Crippen LogP contribution >= 0.6 is 0 Å². The molecule has 1 amide bonds. The van der Waals surface area contributed by atoms with E-state index in [2.05, 4.69) is 55.1 Å². The smallest absolute Gasteiger partial charge is 0.221 e. The van der Waals surface area contributed by atoms with E-state index in [9.17, 15) is 4.79 Å². The minimum absolute atomic E-state index is 0.0248. The molecule has 0 aromatic rings. The van der Waals surface area contributed by atoms with Gasteiger partial charge in [0.2, 0.25) is 5.91 Å². The zero-order chi connectivity index (χ0) is 20.9. The maximum absolute atomic E-state index is 11.4. The van der Waals surface area contributed by atoms with Crippen LogP contribution < -0.4 is 16.4 Å². The molecular formula is C21H44N6O. The summed E-state index contributed by atoms with van der Waals surface area (Å²) in [5, 5.41) is 6.76. The first kappa shape index (κ1) is 24.7. The fourth-order valence-electron chi connectivity index (χ4n) is 3.90. The van der Waals surface area contributed by atoms with Gasteiger partial charge in [-0.25, -0.2) is 0 Å². The molecule has 1 saturated heterocycles. The summed E-state index contributed by atoms with van der Waals surface area (Å²) in [5.74, 6) is 0.770. The van der Waals surface area contributed by atoms with Crippen molar-refractivity contribution in [2.45, 2.75) is 72.4 Å². The summed E-state index contributed by atoms with van der Waals surface area (Å²) in [6.45, 7) is 17.6. The first-order chi connectivity index (χ1) is 13.3. The van der Waals surface area contributed by atoms with Gasteiger partial charge in [-0.2, -0.15) is 0 Å². The van der Waals surface area contributed by atoms with E-state index in [0.29, 0.717) is 12.1 Å². The third-order valence-corrected chi connectivity index (χ3v) is 5.37. The second-order valence-corrected chi connectivity index (χ2v) is 8.36. The third-order valence-electron chi connectivity index (χ3n) is 5.37. The fourth-order valence-corrected chi connectivity index (χ4v) is 3.90. The maximum atomic E-state index is 11.4. The van der Waals surface area contributed by atoms with Gasteiger partial charge in [-0.3, -0.25) is 14.7 Å². The van der Waals surface area contributed by atoms with E-state index >= 15 is 0 Å². The Labute approximate surface area is 172 Å². The van der Waals surface area contributed by atoms with Gasteiger partial charge in [0.05, 0.1) is 5.92 Å². The Balaban J connectivity index is 2.29. The van der Waals surface area contributed by atoms with Crippen LogP contribution in [-0.4, -0.2) is 79.6 Å². The van der Waals surface area contributed by atoms with Crippen molar-refractivity contribution in [3.8, 4) is 0 Å². The highest BCUT2D eigenvalue weighted by molar-refractivity contribution is 5.79. The lowest BCUT2D eigenvalue weighted by molar-refractivity contribution is -0.123. The number of carbonyl (C=O) groups excluding carboxylic acids is 1. The van der Waals surface area contributed by atoms with Crippen LogP contribution in [0.5, 0.6) is 0 Å². The molecule has 0 aliphatic carbocycles. The first-order valence-corrected chi connectivity index (χ1v) is 11.1. The topological polar surface area (TPSA) is 86.0 Å². The van der Waals surface area contributed by atoms with Crippen molar-refractivity contribution in [3.05, 3.63) is 0 Å². The molecule has 1 heterocycles. The standard InChI is InChI=1S/C21H44N6O/c1-6-23-21(25-12-9-15-27(17(2)3)18(4)5)24-11-8-14-26-13-7-10-19(16-26)20(22)28/h17-19H,6-16H2,1-5H3,(H2,22,28)(H2,23,24,25). The Morgan fingerprint density at radius 2 is 1.93 bits per heavy atom. The number of guanidine groups is 1. The molecule has 28 heavy (non-hydrogen) atoms. The van der Waals surface area contributed by atoms with Crippen LogP contribution in [0.4, 0.5) is 0 Å². The first-order valence-electron chi connectivity index (χ1n) is 11.1. The van der Waals surface area contributed by atoms with Crippen LogP contribution in [0.1, 0.15) is 60.3 Å². The maximum Gasteiger partial charge on any atom is 0.221 e. The number of piperidine rings is 1. The molecule has 1 unspecified atom stereocenters. The summed E-state index contributed by atoms with van der Waals surface area (Å²) in [6, 6.07) is 1.14. The molecule has 0 aromatic carbocycles. The number of nitrogens with two attached hydrogens (primary N) is 1. The summed E-state index contributed by atoms with van der Waals surface area (Å²) in [6.07, 6.45) is 4.10. The molecule has 0 saturated carbocycles. The van der Waals surface area contributed by atoms with Gasteiger partial charge in [0.1, 0.15) is 0 Å². The van der Waals surface area contributed by atoms with E-state index in [1.807, 2.05) is 0 Å². The van der Waals surface area contributed by atoms with Crippen molar-refractivity contribution < 1.29 is 4.79 Å². The number of hydrogen-bond donors (Lipinski definition) is 3. The van der Waals surface area contributed by atoms with Crippen LogP contribution in [0.15, 0.2) is 4.99 Å². The highest BCUT2D eigenvalue weighted by Gasteiger charge is 2.23. The van der Waals surface area contributed by atoms with Gasteiger partial charge in [-0.15, -0.1) is 0 Å². The number of nitrogens with one attached hydrogen (secondary N) is 2. The van der Waals surface area contributed by atoms with E-state index in [1.54, 1.807) is 0 Å². The molecule has 0 bridgehead atoms. The van der Waals surface area contributed by atoms with Gasteiger partial charge in [-0.05, 0) is 73.4 Å². The number of rotatable bonds is 12. The van der Waals surface area contributed by atoms with E-state index in [0.717, 1.165) is 77.5 Å². The van der Waals surface area contributed by atoms with E-state index in [1.165, 1.54) is 0 Å². The van der Waals surface area contributed by atoms with Crippen LogP contribution in [-0.2, 0) is 4.79 Å². The third kappa shape index (κ3) is 9.73.